The first kappa shape index (κ1) is 10.0. The summed E-state index contributed by atoms with van der Waals surface area (Å²) in [5, 5.41) is 17.2. The summed E-state index contributed by atoms with van der Waals surface area (Å²) in [7, 11) is 0. The number of aliphatic hydroxyl groups excluding tert-OH is 1. The van der Waals surface area contributed by atoms with E-state index in [2.05, 4.69) is 15.9 Å². The number of hydrogen-bond acceptors (Lipinski definition) is 3. The van der Waals surface area contributed by atoms with E-state index in [0.717, 1.165) is 10.0 Å². The van der Waals surface area contributed by atoms with Crippen molar-refractivity contribution in [2.75, 3.05) is 6.61 Å². The number of ether oxygens (including phenoxy) is 1. The molecule has 1 aromatic carbocycles. The predicted octanol–water partition coefficient (Wildman–Crippen LogP) is 1.84. The first-order valence-corrected chi connectivity index (χ1v) is 4.46. The third kappa shape index (κ3) is 2.72. The molecule has 0 aliphatic rings. The van der Waals surface area contributed by atoms with Crippen LogP contribution in [0.25, 0.3) is 0 Å². The Hall–Kier alpha value is -1.05. The Bertz CT molecular complexity index is 333. The minimum atomic E-state index is -0.0513. The van der Waals surface area contributed by atoms with E-state index in [1.807, 2.05) is 6.07 Å². The zero-order valence-corrected chi connectivity index (χ0v) is 8.41. The van der Waals surface area contributed by atoms with Crippen molar-refractivity contribution in [3.05, 3.63) is 28.2 Å². The molecule has 0 unspecified atom stereocenters. The molecule has 13 heavy (non-hydrogen) atoms. The average molecular weight is 242 g/mol. The Labute approximate surface area is 84.7 Å². The van der Waals surface area contributed by atoms with Gasteiger partial charge in [0.1, 0.15) is 11.8 Å². The Morgan fingerprint density at radius 3 is 2.92 bits per heavy atom. The van der Waals surface area contributed by atoms with Crippen LogP contribution in [0.1, 0.15) is 5.56 Å². The molecule has 68 valence electrons. The van der Waals surface area contributed by atoms with Crippen molar-refractivity contribution >= 4 is 15.9 Å². The highest BCUT2D eigenvalue weighted by atomic mass is 79.9. The Morgan fingerprint density at radius 1 is 1.54 bits per heavy atom. The molecule has 0 bridgehead atoms. The molecule has 0 aliphatic heterocycles. The fraction of sp³-hybridized carbons (Fsp3) is 0.222. The molecule has 1 aromatic rings. The SMILES string of the molecule is N#CCOc1ccc(Br)c(CO)c1. The van der Waals surface area contributed by atoms with E-state index in [1.54, 1.807) is 18.2 Å². The summed E-state index contributed by atoms with van der Waals surface area (Å²) in [5.74, 6) is 0.591. The van der Waals surface area contributed by atoms with Crippen molar-refractivity contribution in [3.8, 4) is 11.8 Å². The number of halogens is 1. The highest BCUT2D eigenvalue weighted by Gasteiger charge is 2.00. The molecule has 0 amide bonds. The van der Waals surface area contributed by atoms with Crippen molar-refractivity contribution in [2.24, 2.45) is 0 Å². The van der Waals surface area contributed by atoms with Crippen LogP contribution < -0.4 is 4.74 Å². The quantitative estimate of drug-likeness (QED) is 0.879. The minimum Gasteiger partial charge on any atom is -0.479 e. The maximum Gasteiger partial charge on any atom is 0.174 e. The molecule has 0 spiro atoms. The van der Waals surface area contributed by atoms with Gasteiger partial charge in [0.05, 0.1) is 6.61 Å². The second kappa shape index (κ2) is 4.85. The molecular formula is C9H8BrNO2. The standard InChI is InChI=1S/C9H8BrNO2/c10-9-2-1-8(13-4-3-11)5-7(9)6-12/h1-2,5,12H,4,6H2. The van der Waals surface area contributed by atoms with Gasteiger partial charge in [-0.25, -0.2) is 0 Å². The first-order chi connectivity index (χ1) is 6.27. The molecule has 0 aliphatic carbocycles. The molecule has 0 saturated heterocycles. The van der Waals surface area contributed by atoms with Gasteiger partial charge in [-0.2, -0.15) is 5.26 Å². The van der Waals surface area contributed by atoms with Crippen molar-refractivity contribution < 1.29 is 9.84 Å². The van der Waals surface area contributed by atoms with Gasteiger partial charge in [-0.05, 0) is 23.8 Å². The van der Waals surface area contributed by atoms with Crippen LogP contribution in [-0.2, 0) is 6.61 Å². The van der Waals surface area contributed by atoms with Crippen LogP contribution in [0.4, 0.5) is 0 Å². The van der Waals surface area contributed by atoms with Gasteiger partial charge in [0, 0.05) is 4.47 Å². The Morgan fingerprint density at radius 2 is 2.31 bits per heavy atom. The third-order valence-electron chi connectivity index (χ3n) is 1.49. The van der Waals surface area contributed by atoms with Crippen LogP contribution in [0.5, 0.6) is 5.75 Å². The summed E-state index contributed by atoms with van der Waals surface area (Å²) < 4.78 is 5.89. The van der Waals surface area contributed by atoms with Gasteiger partial charge < -0.3 is 9.84 Å². The zero-order valence-electron chi connectivity index (χ0n) is 6.83. The number of hydrogen-bond donors (Lipinski definition) is 1. The van der Waals surface area contributed by atoms with Crippen LogP contribution >= 0.6 is 15.9 Å². The lowest BCUT2D eigenvalue weighted by Crippen LogP contribution is -1.94. The van der Waals surface area contributed by atoms with E-state index in [4.69, 9.17) is 15.1 Å². The van der Waals surface area contributed by atoms with Gasteiger partial charge in [0.15, 0.2) is 6.61 Å². The van der Waals surface area contributed by atoms with Crippen LogP contribution in [-0.4, -0.2) is 11.7 Å². The van der Waals surface area contributed by atoms with Crippen LogP contribution in [0.3, 0.4) is 0 Å². The molecule has 0 heterocycles. The van der Waals surface area contributed by atoms with Gasteiger partial charge in [0.2, 0.25) is 0 Å². The van der Waals surface area contributed by atoms with E-state index < -0.39 is 0 Å². The van der Waals surface area contributed by atoms with E-state index in [-0.39, 0.29) is 13.2 Å². The topological polar surface area (TPSA) is 53.2 Å². The third-order valence-corrected chi connectivity index (χ3v) is 2.26. The molecule has 3 nitrogen and oxygen atoms in total. The second-order valence-electron chi connectivity index (χ2n) is 2.36. The van der Waals surface area contributed by atoms with Crippen molar-refractivity contribution in [1.29, 1.82) is 5.26 Å². The van der Waals surface area contributed by atoms with E-state index >= 15 is 0 Å². The normalized spacial score (nSPS) is 9.31. The zero-order chi connectivity index (χ0) is 9.68. The van der Waals surface area contributed by atoms with Crippen LogP contribution in [0, 0.1) is 11.3 Å². The lowest BCUT2D eigenvalue weighted by molar-refractivity contribution is 0.280. The highest BCUT2D eigenvalue weighted by Crippen LogP contribution is 2.22. The van der Waals surface area contributed by atoms with Crippen molar-refractivity contribution in [1.82, 2.24) is 0 Å². The maximum atomic E-state index is 8.92. The summed E-state index contributed by atoms with van der Waals surface area (Å²) in [4.78, 5) is 0. The van der Waals surface area contributed by atoms with Gasteiger partial charge in [-0.15, -0.1) is 0 Å². The molecule has 1 N–H and O–H groups in total. The second-order valence-corrected chi connectivity index (χ2v) is 3.21. The van der Waals surface area contributed by atoms with Crippen molar-refractivity contribution in [3.63, 3.8) is 0 Å². The van der Waals surface area contributed by atoms with Gasteiger partial charge in [-0.3, -0.25) is 0 Å². The van der Waals surface area contributed by atoms with E-state index in [1.165, 1.54) is 0 Å². The van der Waals surface area contributed by atoms with E-state index in [0.29, 0.717) is 5.75 Å². The van der Waals surface area contributed by atoms with Gasteiger partial charge >= 0.3 is 0 Å². The molecule has 4 heteroatoms. The fourth-order valence-electron chi connectivity index (χ4n) is 0.878. The Balaban J connectivity index is 2.81. The summed E-state index contributed by atoms with van der Waals surface area (Å²) >= 11 is 3.28. The van der Waals surface area contributed by atoms with E-state index in [9.17, 15) is 0 Å². The van der Waals surface area contributed by atoms with Gasteiger partial charge in [-0.1, -0.05) is 15.9 Å². The lowest BCUT2D eigenvalue weighted by atomic mass is 10.2. The Kier molecular flexibility index (Phi) is 3.74. The number of nitriles is 1. The molecule has 0 aromatic heterocycles. The molecule has 0 atom stereocenters. The minimum absolute atomic E-state index is 0.0203. The smallest absolute Gasteiger partial charge is 0.174 e. The molecular weight excluding hydrogens is 234 g/mol. The number of rotatable bonds is 3. The largest absolute Gasteiger partial charge is 0.479 e. The summed E-state index contributed by atoms with van der Waals surface area (Å²) in [6.07, 6.45) is 0. The first-order valence-electron chi connectivity index (χ1n) is 3.67. The van der Waals surface area contributed by atoms with Crippen LogP contribution in [0.2, 0.25) is 0 Å². The average Bonchev–Trinajstić information content (AvgIpc) is 2.16. The summed E-state index contributed by atoms with van der Waals surface area (Å²) in [6, 6.07) is 7.08. The number of aliphatic hydroxyl groups is 1. The van der Waals surface area contributed by atoms with Gasteiger partial charge in [0.25, 0.3) is 0 Å². The maximum absolute atomic E-state index is 8.92. The lowest BCUT2D eigenvalue weighted by Gasteiger charge is -2.04. The number of nitrogens with zero attached hydrogens (tertiary/aromatic N) is 1. The monoisotopic (exact) mass is 241 g/mol. The molecule has 0 saturated carbocycles. The molecule has 0 radical (unpaired) electrons. The fourth-order valence-corrected chi connectivity index (χ4v) is 1.25. The number of benzene rings is 1. The summed E-state index contributed by atoms with van der Waals surface area (Å²) in [6.45, 7) is -0.0309. The highest BCUT2D eigenvalue weighted by molar-refractivity contribution is 9.10. The summed E-state index contributed by atoms with van der Waals surface area (Å²) in [5.41, 5.74) is 0.746. The molecule has 0 fully saturated rings. The molecule has 1 rings (SSSR count). The van der Waals surface area contributed by atoms with Crippen molar-refractivity contribution in [2.45, 2.75) is 6.61 Å². The predicted molar refractivity (Wildman–Crippen MR) is 51.2 cm³/mol. The van der Waals surface area contributed by atoms with Crippen LogP contribution in [0.15, 0.2) is 22.7 Å².